The van der Waals surface area contributed by atoms with Crippen molar-refractivity contribution in [2.75, 3.05) is 6.61 Å². The molecule has 1 aliphatic rings. The van der Waals surface area contributed by atoms with Crippen LogP contribution in [0.2, 0.25) is 0 Å². The number of rotatable bonds is 3. The summed E-state index contributed by atoms with van der Waals surface area (Å²) in [6.07, 6.45) is 1.42. The number of hydrogen-bond acceptors (Lipinski definition) is 3. The molecule has 1 aliphatic carbocycles. The average molecular weight is 130 g/mol. The molecule has 0 spiro atoms. The highest BCUT2D eigenvalue weighted by Gasteiger charge is 2.27. The molecule has 0 aromatic carbocycles. The van der Waals surface area contributed by atoms with Gasteiger partial charge in [-0.3, -0.25) is 4.79 Å². The normalized spacial score (nSPS) is 33.0. The molecule has 0 bridgehead atoms. The zero-order valence-electron chi connectivity index (χ0n) is 5.12. The largest absolute Gasteiger partial charge is 0.468 e. The van der Waals surface area contributed by atoms with E-state index in [1.54, 1.807) is 0 Å². The average Bonchev–Trinajstić information content (AvgIpc) is 1.78. The van der Waals surface area contributed by atoms with Gasteiger partial charge in [0.05, 0.1) is 12.7 Å². The molecule has 0 atom stereocenters. The number of aliphatic hydroxyl groups excluding tert-OH is 1. The van der Waals surface area contributed by atoms with Gasteiger partial charge in [0, 0.05) is 0 Å². The summed E-state index contributed by atoms with van der Waals surface area (Å²) in [5, 5.41) is 8.77. The van der Waals surface area contributed by atoms with Gasteiger partial charge >= 0.3 is 0 Å². The van der Waals surface area contributed by atoms with E-state index in [0.29, 0.717) is 19.0 Å². The summed E-state index contributed by atoms with van der Waals surface area (Å²) in [6.45, 7) is 0.922. The van der Waals surface area contributed by atoms with E-state index in [1.165, 1.54) is 0 Å². The Morgan fingerprint density at radius 2 is 2.33 bits per heavy atom. The van der Waals surface area contributed by atoms with Crippen LogP contribution in [0.1, 0.15) is 12.8 Å². The Labute approximate surface area is 53.6 Å². The van der Waals surface area contributed by atoms with E-state index >= 15 is 0 Å². The van der Waals surface area contributed by atoms with Crippen molar-refractivity contribution in [3.05, 3.63) is 0 Å². The smallest absolute Gasteiger partial charge is 0.293 e. The quantitative estimate of drug-likeness (QED) is 0.544. The third kappa shape index (κ3) is 1.68. The van der Waals surface area contributed by atoms with E-state index in [4.69, 9.17) is 5.11 Å². The first-order valence-electron chi connectivity index (χ1n) is 3.06. The monoisotopic (exact) mass is 130 g/mol. The number of aliphatic hydroxyl groups is 1. The van der Waals surface area contributed by atoms with Crippen molar-refractivity contribution in [1.82, 2.24) is 0 Å². The van der Waals surface area contributed by atoms with Crippen LogP contribution < -0.4 is 0 Å². The number of hydrogen-bond donors (Lipinski definition) is 1. The van der Waals surface area contributed by atoms with Crippen LogP contribution in [0, 0.1) is 5.92 Å². The first-order chi connectivity index (χ1) is 4.33. The van der Waals surface area contributed by atoms with E-state index in [0.717, 1.165) is 12.8 Å². The number of carbonyl (C=O) groups is 1. The summed E-state index contributed by atoms with van der Waals surface area (Å²) in [4.78, 5) is 9.65. The van der Waals surface area contributed by atoms with Crippen LogP contribution in [0.5, 0.6) is 0 Å². The van der Waals surface area contributed by atoms with Crippen molar-refractivity contribution in [3.8, 4) is 0 Å². The van der Waals surface area contributed by atoms with Gasteiger partial charge < -0.3 is 9.84 Å². The minimum absolute atomic E-state index is 0.148. The van der Waals surface area contributed by atoms with E-state index in [-0.39, 0.29) is 6.10 Å². The van der Waals surface area contributed by atoms with Crippen molar-refractivity contribution in [3.63, 3.8) is 0 Å². The maximum Gasteiger partial charge on any atom is 0.293 e. The fourth-order valence-corrected chi connectivity index (χ4v) is 1.01. The van der Waals surface area contributed by atoms with Crippen LogP contribution in [-0.2, 0) is 9.53 Å². The molecular formula is C6H10O3. The van der Waals surface area contributed by atoms with Crippen molar-refractivity contribution >= 4 is 6.47 Å². The van der Waals surface area contributed by atoms with Crippen molar-refractivity contribution in [1.29, 1.82) is 0 Å². The van der Waals surface area contributed by atoms with Crippen molar-refractivity contribution in [2.24, 2.45) is 5.92 Å². The summed E-state index contributed by atoms with van der Waals surface area (Å²) in [6, 6.07) is 0. The van der Waals surface area contributed by atoms with E-state index in [1.807, 2.05) is 0 Å². The summed E-state index contributed by atoms with van der Waals surface area (Å²) in [5.41, 5.74) is 0. The Bertz CT molecular complexity index is 96.5. The molecule has 0 aliphatic heterocycles. The first-order valence-corrected chi connectivity index (χ1v) is 3.06. The predicted octanol–water partition coefficient (Wildman–Crippen LogP) is -0.0697. The summed E-state index contributed by atoms with van der Waals surface area (Å²) < 4.78 is 4.49. The molecule has 3 nitrogen and oxygen atoms in total. The predicted molar refractivity (Wildman–Crippen MR) is 30.7 cm³/mol. The molecular weight excluding hydrogens is 120 g/mol. The molecule has 0 radical (unpaired) electrons. The lowest BCUT2D eigenvalue weighted by Crippen LogP contribution is -2.31. The second-order valence-electron chi connectivity index (χ2n) is 2.42. The third-order valence-electron chi connectivity index (χ3n) is 1.61. The molecule has 0 aromatic heterocycles. The van der Waals surface area contributed by atoms with Gasteiger partial charge in [-0.1, -0.05) is 0 Å². The zero-order chi connectivity index (χ0) is 6.69. The Kier molecular flexibility index (Phi) is 2.05. The number of ether oxygens (including phenoxy) is 1. The van der Waals surface area contributed by atoms with Crippen LogP contribution in [0.25, 0.3) is 0 Å². The molecule has 1 rings (SSSR count). The minimum atomic E-state index is -0.148. The van der Waals surface area contributed by atoms with Gasteiger partial charge in [-0.2, -0.15) is 0 Å². The highest BCUT2D eigenvalue weighted by Crippen LogP contribution is 2.26. The zero-order valence-corrected chi connectivity index (χ0v) is 5.12. The third-order valence-corrected chi connectivity index (χ3v) is 1.61. The highest BCUT2D eigenvalue weighted by atomic mass is 16.5. The molecule has 0 unspecified atom stereocenters. The van der Waals surface area contributed by atoms with Crippen LogP contribution in [0.4, 0.5) is 0 Å². The first kappa shape index (κ1) is 6.55. The molecule has 0 saturated heterocycles. The van der Waals surface area contributed by atoms with Gasteiger partial charge in [-0.15, -0.1) is 0 Å². The van der Waals surface area contributed by atoms with Gasteiger partial charge in [-0.05, 0) is 18.8 Å². The second-order valence-corrected chi connectivity index (χ2v) is 2.42. The molecule has 1 saturated carbocycles. The lowest BCUT2D eigenvalue weighted by molar-refractivity contribution is -0.132. The lowest BCUT2D eigenvalue weighted by atomic mass is 9.83. The minimum Gasteiger partial charge on any atom is -0.468 e. The summed E-state index contributed by atoms with van der Waals surface area (Å²) in [5.74, 6) is 0.408. The van der Waals surface area contributed by atoms with E-state index in [9.17, 15) is 4.79 Å². The molecule has 0 heterocycles. The topological polar surface area (TPSA) is 46.5 Å². The van der Waals surface area contributed by atoms with Gasteiger partial charge in [0.15, 0.2) is 0 Å². The SMILES string of the molecule is O=COCC1CC(O)C1. The molecule has 3 heteroatoms. The number of carbonyl (C=O) groups excluding carboxylic acids is 1. The molecule has 52 valence electrons. The van der Waals surface area contributed by atoms with Gasteiger partial charge in [0.1, 0.15) is 0 Å². The van der Waals surface area contributed by atoms with Crippen LogP contribution in [-0.4, -0.2) is 24.3 Å². The Hall–Kier alpha value is -0.570. The Morgan fingerprint density at radius 3 is 2.78 bits per heavy atom. The maximum atomic E-state index is 9.65. The van der Waals surface area contributed by atoms with Gasteiger partial charge in [-0.25, -0.2) is 0 Å². The van der Waals surface area contributed by atoms with Gasteiger partial charge in [0.25, 0.3) is 6.47 Å². The van der Waals surface area contributed by atoms with Crippen molar-refractivity contribution < 1.29 is 14.6 Å². The highest BCUT2D eigenvalue weighted by molar-refractivity contribution is 5.36. The molecule has 0 aromatic rings. The lowest BCUT2D eigenvalue weighted by Gasteiger charge is -2.29. The summed E-state index contributed by atoms with van der Waals surface area (Å²) >= 11 is 0. The molecule has 1 fully saturated rings. The van der Waals surface area contributed by atoms with E-state index < -0.39 is 0 Å². The Morgan fingerprint density at radius 1 is 1.67 bits per heavy atom. The standard InChI is InChI=1S/C6H10O3/c7-4-9-3-5-1-6(8)2-5/h4-6,8H,1-3H2. The molecule has 9 heavy (non-hydrogen) atoms. The van der Waals surface area contributed by atoms with Gasteiger partial charge in [0.2, 0.25) is 0 Å². The van der Waals surface area contributed by atoms with Crippen molar-refractivity contribution in [2.45, 2.75) is 18.9 Å². The Balaban J connectivity index is 1.97. The van der Waals surface area contributed by atoms with Crippen LogP contribution in [0.3, 0.4) is 0 Å². The van der Waals surface area contributed by atoms with Crippen LogP contribution >= 0.6 is 0 Å². The summed E-state index contributed by atoms with van der Waals surface area (Å²) in [7, 11) is 0. The fourth-order valence-electron chi connectivity index (χ4n) is 1.01. The second kappa shape index (κ2) is 2.82. The maximum absolute atomic E-state index is 9.65. The fraction of sp³-hybridized carbons (Fsp3) is 0.833. The molecule has 0 amide bonds. The molecule has 1 N–H and O–H groups in total. The van der Waals surface area contributed by atoms with Crippen LogP contribution in [0.15, 0.2) is 0 Å². The van der Waals surface area contributed by atoms with E-state index in [2.05, 4.69) is 4.74 Å².